The fraction of sp³-hybridized carbons (Fsp3) is 1.00. The molecule has 1 saturated heterocycles. The van der Waals surface area contributed by atoms with Crippen molar-refractivity contribution in [3.05, 3.63) is 0 Å². The van der Waals surface area contributed by atoms with Gasteiger partial charge in [-0.05, 0) is 58.9 Å². The monoisotopic (exact) mass is 195 g/mol. The summed E-state index contributed by atoms with van der Waals surface area (Å²) in [6.45, 7) is 8.46. The van der Waals surface area contributed by atoms with Crippen LogP contribution in [0.4, 0.5) is 0 Å². The van der Waals surface area contributed by atoms with Gasteiger partial charge in [0.05, 0.1) is 0 Å². The maximum atomic E-state index is 2.77. The molecule has 1 nitrogen and oxygen atoms in total. The maximum Gasteiger partial charge on any atom is 0.0129 e. The average Bonchev–Trinajstić information content (AvgIpc) is 2.73. The molecule has 2 fully saturated rings. The summed E-state index contributed by atoms with van der Waals surface area (Å²) in [6, 6.07) is 0.914. The molecule has 0 bridgehead atoms. The molecule has 82 valence electrons. The molecule has 0 N–H and O–H groups in total. The summed E-state index contributed by atoms with van der Waals surface area (Å²) in [4.78, 5) is 2.77. The highest BCUT2D eigenvalue weighted by molar-refractivity contribution is 4.92. The third-order valence-corrected chi connectivity index (χ3v) is 4.10. The number of hydrogen-bond donors (Lipinski definition) is 0. The Kier molecular flexibility index (Phi) is 2.88. The Balaban J connectivity index is 2.02. The fourth-order valence-electron chi connectivity index (χ4n) is 3.46. The van der Waals surface area contributed by atoms with Crippen LogP contribution in [0.25, 0.3) is 0 Å². The summed E-state index contributed by atoms with van der Waals surface area (Å²) in [5.74, 6) is 1.02. The second-order valence-electron chi connectivity index (χ2n) is 6.12. The average molecular weight is 195 g/mol. The molecular formula is C13H25N. The Bertz CT molecular complexity index is 186. The van der Waals surface area contributed by atoms with Crippen LogP contribution in [-0.2, 0) is 0 Å². The van der Waals surface area contributed by atoms with E-state index in [4.69, 9.17) is 0 Å². The molecule has 0 aromatic carbocycles. The lowest BCUT2D eigenvalue weighted by Crippen LogP contribution is -2.47. The van der Waals surface area contributed by atoms with E-state index in [1.165, 1.54) is 45.1 Å². The number of rotatable bonds is 1. The first-order chi connectivity index (χ1) is 6.59. The van der Waals surface area contributed by atoms with Gasteiger partial charge in [-0.25, -0.2) is 0 Å². The first kappa shape index (κ1) is 10.5. The third-order valence-electron chi connectivity index (χ3n) is 4.10. The van der Waals surface area contributed by atoms with Crippen molar-refractivity contribution in [3.63, 3.8) is 0 Å². The van der Waals surface area contributed by atoms with Crippen molar-refractivity contribution in [1.82, 2.24) is 4.90 Å². The minimum atomic E-state index is 0.393. The molecular weight excluding hydrogens is 170 g/mol. The molecule has 0 amide bonds. The molecule has 1 aliphatic carbocycles. The zero-order chi connectivity index (χ0) is 10.2. The van der Waals surface area contributed by atoms with Crippen molar-refractivity contribution in [3.8, 4) is 0 Å². The Labute approximate surface area is 88.9 Å². The van der Waals surface area contributed by atoms with Crippen LogP contribution in [-0.4, -0.2) is 23.0 Å². The Hall–Kier alpha value is -0.0400. The highest BCUT2D eigenvalue weighted by atomic mass is 15.2. The van der Waals surface area contributed by atoms with E-state index in [2.05, 4.69) is 25.7 Å². The predicted molar refractivity (Wildman–Crippen MR) is 61.4 cm³/mol. The van der Waals surface area contributed by atoms with Gasteiger partial charge < -0.3 is 0 Å². The maximum absolute atomic E-state index is 2.77. The van der Waals surface area contributed by atoms with Crippen LogP contribution in [0.1, 0.15) is 59.3 Å². The van der Waals surface area contributed by atoms with Crippen molar-refractivity contribution in [2.75, 3.05) is 6.54 Å². The SMILES string of the molecule is CC(C)(C)N1CCCC1C1CCCC1. The van der Waals surface area contributed by atoms with Gasteiger partial charge in [0.25, 0.3) is 0 Å². The lowest BCUT2D eigenvalue weighted by atomic mass is 9.93. The molecule has 1 heteroatoms. The lowest BCUT2D eigenvalue weighted by molar-refractivity contribution is 0.0877. The molecule has 1 heterocycles. The Morgan fingerprint density at radius 2 is 1.57 bits per heavy atom. The van der Waals surface area contributed by atoms with Crippen molar-refractivity contribution in [2.45, 2.75) is 70.9 Å². The largest absolute Gasteiger partial charge is 0.295 e. The van der Waals surface area contributed by atoms with Gasteiger partial charge in [0.1, 0.15) is 0 Å². The van der Waals surface area contributed by atoms with Gasteiger partial charge in [-0.1, -0.05) is 12.8 Å². The summed E-state index contributed by atoms with van der Waals surface area (Å²) in [6.07, 6.45) is 8.85. The number of likely N-dealkylation sites (tertiary alicyclic amines) is 1. The zero-order valence-corrected chi connectivity index (χ0v) is 10.1. The second kappa shape index (κ2) is 3.84. The van der Waals surface area contributed by atoms with Gasteiger partial charge in [0.2, 0.25) is 0 Å². The lowest BCUT2D eigenvalue weighted by Gasteiger charge is -2.39. The van der Waals surface area contributed by atoms with Crippen LogP contribution in [0.5, 0.6) is 0 Å². The standard InChI is InChI=1S/C13H25N/c1-13(2,3)14-10-6-9-12(14)11-7-4-5-8-11/h11-12H,4-10H2,1-3H3. The van der Waals surface area contributed by atoms with Crippen molar-refractivity contribution in [2.24, 2.45) is 5.92 Å². The molecule has 0 spiro atoms. The summed E-state index contributed by atoms with van der Waals surface area (Å²) in [5.41, 5.74) is 0.393. The molecule has 1 saturated carbocycles. The van der Waals surface area contributed by atoms with Crippen LogP contribution < -0.4 is 0 Å². The molecule has 2 rings (SSSR count). The van der Waals surface area contributed by atoms with Crippen LogP contribution >= 0.6 is 0 Å². The minimum absolute atomic E-state index is 0.393. The first-order valence-electron chi connectivity index (χ1n) is 6.36. The quantitative estimate of drug-likeness (QED) is 0.619. The zero-order valence-electron chi connectivity index (χ0n) is 10.1. The summed E-state index contributed by atoms with van der Waals surface area (Å²) in [5, 5.41) is 0. The molecule has 1 aliphatic heterocycles. The van der Waals surface area contributed by atoms with Gasteiger partial charge in [0.15, 0.2) is 0 Å². The van der Waals surface area contributed by atoms with Crippen LogP contribution in [0.15, 0.2) is 0 Å². The highest BCUT2D eigenvalue weighted by Crippen LogP contribution is 2.38. The van der Waals surface area contributed by atoms with Gasteiger partial charge in [-0.15, -0.1) is 0 Å². The molecule has 1 unspecified atom stereocenters. The van der Waals surface area contributed by atoms with Crippen LogP contribution in [0.2, 0.25) is 0 Å². The van der Waals surface area contributed by atoms with E-state index >= 15 is 0 Å². The molecule has 0 radical (unpaired) electrons. The summed E-state index contributed by atoms with van der Waals surface area (Å²) >= 11 is 0. The van der Waals surface area contributed by atoms with Crippen LogP contribution in [0, 0.1) is 5.92 Å². The molecule has 14 heavy (non-hydrogen) atoms. The van der Waals surface area contributed by atoms with Crippen molar-refractivity contribution in [1.29, 1.82) is 0 Å². The van der Waals surface area contributed by atoms with E-state index in [1.807, 2.05) is 0 Å². The normalized spacial score (nSPS) is 31.5. The molecule has 1 atom stereocenters. The molecule has 0 aromatic heterocycles. The summed E-state index contributed by atoms with van der Waals surface area (Å²) in [7, 11) is 0. The molecule has 0 aromatic rings. The van der Waals surface area contributed by atoms with Crippen molar-refractivity contribution < 1.29 is 0 Å². The second-order valence-corrected chi connectivity index (χ2v) is 6.12. The van der Waals surface area contributed by atoms with Gasteiger partial charge >= 0.3 is 0 Å². The van der Waals surface area contributed by atoms with Gasteiger partial charge in [0, 0.05) is 11.6 Å². The highest BCUT2D eigenvalue weighted by Gasteiger charge is 2.38. The summed E-state index contributed by atoms with van der Waals surface area (Å²) < 4.78 is 0. The van der Waals surface area contributed by atoms with Gasteiger partial charge in [-0.2, -0.15) is 0 Å². The first-order valence-corrected chi connectivity index (χ1v) is 6.36. The van der Waals surface area contributed by atoms with E-state index in [0.717, 1.165) is 12.0 Å². The van der Waals surface area contributed by atoms with E-state index in [1.54, 1.807) is 0 Å². The van der Waals surface area contributed by atoms with E-state index in [9.17, 15) is 0 Å². The number of nitrogens with zero attached hydrogens (tertiary/aromatic N) is 1. The van der Waals surface area contributed by atoms with Crippen LogP contribution in [0.3, 0.4) is 0 Å². The Morgan fingerprint density at radius 1 is 0.929 bits per heavy atom. The third kappa shape index (κ3) is 1.98. The topological polar surface area (TPSA) is 3.24 Å². The molecule has 2 aliphatic rings. The fourth-order valence-corrected chi connectivity index (χ4v) is 3.46. The number of hydrogen-bond acceptors (Lipinski definition) is 1. The van der Waals surface area contributed by atoms with Crippen molar-refractivity contribution >= 4 is 0 Å². The predicted octanol–water partition coefficient (Wildman–Crippen LogP) is 3.44. The minimum Gasteiger partial charge on any atom is -0.295 e. The van der Waals surface area contributed by atoms with Gasteiger partial charge in [-0.3, -0.25) is 4.90 Å². The van der Waals surface area contributed by atoms with E-state index < -0.39 is 0 Å². The smallest absolute Gasteiger partial charge is 0.0129 e. The van der Waals surface area contributed by atoms with E-state index in [0.29, 0.717) is 5.54 Å². The van der Waals surface area contributed by atoms with E-state index in [-0.39, 0.29) is 0 Å². The Morgan fingerprint density at radius 3 is 2.14 bits per heavy atom.